The minimum Gasteiger partial charge on any atom is -0.362 e. The van der Waals surface area contributed by atoms with Crippen LogP contribution in [0.4, 0.5) is 0 Å². The first-order valence-corrected chi connectivity index (χ1v) is 9.70. The van der Waals surface area contributed by atoms with E-state index in [0.29, 0.717) is 36.2 Å². The summed E-state index contributed by atoms with van der Waals surface area (Å²) in [5.74, 6) is 2.00. The van der Waals surface area contributed by atoms with Crippen LogP contribution in [0.2, 0.25) is 0 Å². The fourth-order valence-corrected chi connectivity index (χ4v) is 5.37. The summed E-state index contributed by atoms with van der Waals surface area (Å²) in [6.07, 6.45) is 11.8. The molecule has 0 spiro atoms. The highest BCUT2D eigenvalue weighted by molar-refractivity contribution is 7.10. The van der Waals surface area contributed by atoms with E-state index in [9.17, 15) is 4.79 Å². The second kappa shape index (κ2) is 9.67. The molecule has 0 bridgehead atoms. The molecule has 2 rings (SSSR count). The van der Waals surface area contributed by atoms with E-state index < -0.39 is 0 Å². The number of carbonyl (C=O) groups excluding carboxylic acids is 1. The molecule has 0 aliphatic heterocycles. The van der Waals surface area contributed by atoms with Gasteiger partial charge in [-0.15, -0.1) is 0 Å². The molecule has 0 aromatic rings. The Morgan fingerprint density at radius 1 is 1.36 bits per heavy atom. The minimum absolute atomic E-state index is 0. The van der Waals surface area contributed by atoms with Crippen LogP contribution in [0.5, 0.6) is 0 Å². The van der Waals surface area contributed by atoms with E-state index in [0.717, 1.165) is 25.5 Å². The molecule has 0 amide bonds. The lowest BCUT2D eigenvalue weighted by Gasteiger charge is -2.31. The van der Waals surface area contributed by atoms with Crippen molar-refractivity contribution in [2.75, 3.05) is 0 Å². The van der Waals surface area contributed by atoms with Crippen molar-refractivity contribution in [3.8, 4) is 0 Å². The van der Waals surface area contributed by atoms with Crippen molar-refractivity contribution in [1.82, 2.24) is 0 Å². The summed E-state index contributed by atoms with van der Waals surface area (Å²) in [7, 11) is 2.26. The molecule has 5 heteroatoms. The zero-order valence-corrected chi connectivity index (χ0v) is 15.9. The van der Waals surface area contributed by atoms with Gasteiger partial charge in [0.2, 0.25) is 0 Å². The summed E-state index contributed by atoms with van der Waals surface area (Å²) in [5, 5.41) is 0. The number of rotatable bonds is 9. The number of aldehydes is 1. The molecule has 22 heavy (non-hydrogen) atoms. The first kappa shape index (κ1) is 17.3. The summed E-state index contributed by atoms with van der Waals surface area (Å²) in [5.41, 5.74) is 0. The summed E-state index contributed by atoms with van der Waals surface area (Å²) in [6, 6.07) is 0. The third kappa shape index (κ3) is 4.73. The molecule has 2 unspecified atom stereocenters. The van der Waals surface area contributed by atoms with Gasteiger partial charge in [0.15, 0.2) is 0 Å². The molecule has 2 fully saturated rings. The normalized spacial score (nSPS) is 35.8. The lowest BCUT2D eigenvalue weighted by molar-refractivity contribution is -0.109. The molecule has 130 valence electrons. The van der Waals surface area contributed by atoms with Gasteiger partial charge in [-0.1, -0.05) is 26.2 Å². The number of carbonyl (C=O) groups is 1. The van der Waals surface area contributed by atoms with Crippen LogP contribution in [-0.2, 0) is 13.8 Å². The average molecular weight is 352 g/mol. The molecule has 7 atom stereocenters. The molecule has 0 saturated heterocycles. The van der Waals surface area contributed by atoms with Gasteiger partial charge in [-0.3, -0.25) is 0 Å². The Hall–Kier alpha value is 0.450. The fraction of sp³-hybridized carbons (Fsp3) is 0.941. The van der Waals surface area contributed by atoms with Crippen LogP contribution >= 0.6 is 18.9 Å². The largest absolute Gasteiger partial charge is 0.362 e. The van der Waals surface area contributed by atoms with E-state index in [4.69, 9.17) is 10.3 Å². The first-order valence-electron chi connectivity index (χ1n) is 9.32. The SMILES string of the molecule is [3HH].[3H]PO[C@@H]1C[C@H](C)[C@H](CC=O)[C@H]1CC[C@@H](OP)C1CCCCC1. The Kier molecular flexibility index (Phi) is 7.60. The topological polar surface area (TPSA) is 35.5 Å². The highest BCUT2D eigenvalue weighted by atomic mass is 31.0. The maximum atomic E-state index is 11.1. The Balaban J connectivity index is 0.00000288. The van der Waals surface area contributed by atoms with Gasteiger partial charge in [0.25, 0.3) is 0 Å². The van der Waals surface area contributed by atoms with Gasteiger partial charge in [-0.25, -0.2) is 0 Å². The zero-order chi connectivity index (χ0) is 16.7. The van der Waals surface area contributed by atoms with Gasteiger partial charge in [-0.2, -0.15) is 0 Å². The van der Waals surface area contributed by atoms with Crippen LogP contribution in [0.15, 0.2) is 0 Å². The number of hydrogen-bond donors (Lipinski definition) is 0. The van der Waals surface area contributed by atoms with Crippen LogP contribution in [0.25, 0.3) is 0 Å². The molecular weight excluding hydrogens is 314 g/mol. The van der Waals surface area contributed by atoms with Gasteiger partial charge in [0.1, 0.15) is 6.29 Å². The average Bonchev–Trinajstić information content (AvgIpc) is 2.85. The standard InChI is InChI=1S/C17H32O3P2.H2/c1-12-11-17(20-22)15(14(12)9-10-18)7-8-16(19-21)13-5-3-2-4-6-13;/h10,12-17H,2-9,11,21-22H2,1H3;1H/t12-,14-,15+,16+,17+;/m0./s1/i22T;1+2/t12-,14-,15+,16+,17+,22?;. The van der Waals surface area contributed by atoms with E-state index in [-0.39, 0.29) is 16.9 Å². The predicted molar refractivity (Wildman–Crippen MR) is 98.5 cm³/mol. The fourth-order valence-electron chi connectivity index (χ4n) is 4.74. The Morgan fingerprint density at radius 2 is 2.14 bits per heavy atom. The molecule has 3 nitrogen and oxygen atoms in total. The second-order valence-corrected chi connectivity index (χ2v) is 7.76. The van der Waals surface area contributed by atoms with Crippen molar-refractivity contribution in [3.05, 3.63) is 0 Å². The molecule has 0 heterocycles. The van der Waals surface area contributed by atoms with Crippen LogP contribution < -0.4 is 0 Å². The smallest absolute Gasteiger partial charge is 0.120 e. The van der Waals surface area contributed by atoms with Gasteiger partial charge in [0.05, 0.1) is 13.5 Å². The molecule has 0 N–H and O–H groups in total. The molecule has 0 aromatic heterocycles. The maximum absolute atomic E-state index is 11.1. The Morgan fingerprint density at radius 3 is 2.77 bits per heavy atom. The van der Waals surface area contributed by atoms with E-state index in [1.165, 1.54) is 32.1 Å². The molecular formula is C17H34O3P2. The Bertz CT molecular complexity index is 357. The predicted octanol–water partition coefficient (Wildman–Crippen LogP) is 4.80. The molecule has 2 aliphatic carbocycles. The van der Waals surface area contributed by atoms with Crippen molar-refractivity contribution < 1.29 is 15.3 Å². The lowest BCUT2D eigenvalue weighted by Crippen LogP contribution is -2.27. The first-order chi connectivity index (χ1) is 11.2. The molecule has 2 aliphatic rings. The lowest BCUT2D eigenvalue weighted by atomic mass is 9.80. The quantitative estimate of drug-likeness (QED) is 0.441. The van der Waals surface area contributed by atoms with Crippen LogP contribution in [0.1, 0.15) is 66.1 Å². The third-order valence-corrected chi connectivity index (χ3v) is 6.67. The Labute approximate surface area is 143 Å². The molecule has 0 radical (unpaired) electrons. The van der Waals surface area contributed by atoms with Gasteiger partial charge < -0.3 is 13.8 Å². The van der Waals surface area contributed by atoms with Crippen LogP contribution in [0.3, 0.4) is 0 Å². The zero-order valence-electron chi connectivity index (χ0n) is 14.7. The third-order valence-electron chi connectivity index (χ3n) is 6.02. The van der Waals surface area contributed by atoms with Crippen molar-refractivity contribution in [2.24, 2.45) is 23.7 Å². The summed E-state index contributed by atoms with van der Waals surface area (Å²) in [6.45, 7) is 2.22. The van der Waals surface area contributed by atoms with Crippen molar-refractivity contribution in [3.63, 3.8) is 0 Å². The summed E-state index contributed by atoms with van der Waals surface area (Å²) < 4.78 is 18.9. The van der Waals surface area contributed by atoms with E-state index in [2.05, 4.69) is 16.4 Å². The van der Waals surface area contributed by atoms with Gasteiger partial charge in [0, 0.05) is 26.7 Å². The second-order valence-electron chi connectivity index (χ2n) is 7.25. The minimum atomic E-state index is -0.211. The van der Waals surface area contributed by atoms with Crippen molar-refractivity contribution in [2.45, 2.75) is 76.9 Å². The van der Waals surface area contributed by atoms with E-state index >= 15 is 0 Å². The number of hydrogen-bond acceptors (Lipinski definition) is 3. The highest BCUT2D eigenvalue weighted by Crippen LogP contribution is 2.44. The van der Waals surface area contributed by atoms with Gasteiger partial charge >= 0.3 is 0 Å². The summed E-state index contributed by atoms with van der Waals surface area (Å²) >= 11 is 0. The van der Waals surface area contributed by atoms with Crippen molar-refractivity contribution >= 4 is 25.2 Å². The van der Waals surface area contributed by atoms with Gasteiger partial charge in [-0.05, 0) is 55.8 Å². The highest BCUT2D eigenvalue weighted by Gasteiger charge is 2.41. The molecule has 2 saturated carbocycles. The van der Waals surface area contributed by atoms with E-state index in [1.807, 2.05) is 0 Å². The van der Waals surface area contributed by atoms with Crippen molar-refractivity contribution in [1.29, 1.82) is 1.28 Å². The maximum Gasteiger partial charge on any atom is 0.120 e. The van der Waals surface area contributed by atoms with E-state index in [1.54, 1.807) is 0 Å². The molecule has 0 aromatic carbocycles. The van der Waals surface area contributed by atoms with Crippen LogP contribution in [0, 0.1) is 23.7 Å². The summed E-state index contributed by atoms with van der Waals surface area (Å²) in [4.78, 5) is 11.1. The van der Waals surface area contributed by atoms with Crippen LogP contribution in [-0.4, -0.2) is 19.8 Å². The monoisotopic (exact) mass is 352 g/mol.